The van der Waals surface area contributed by atoms with Crippen LogP contribution in [-0.4, -0.2) is 32.7 Å². The van der Waals surface area contributed by atoms with Gasteiger partial charge in [-0.3, -0.25) is 0 Å². The zero-order valence-electron chi connectivity index (χ0n) is 9.44. The van der Waals surface area contributed by atoms with Crippen molar-refractivity contribution in [3.8, 4) is 5.75 Å². The molecule has 0 bridgehead atoms. The third kappa shape index (κ3) is 2.69. The maximum atomic E-state index is 13.6. The summed E-state index contributed by atoms with van der Waals surface area (Å²) >= 11 is 0. The quantitative estimate of drug-likeness (QED) is 0.778. The van der Waals surface area contributed by atoms with Crippen molar-refractivity contribution in [1.29, 1.82) is 0 Å². The third-order valence-electron chi connectivity index (χ3n) is 2.25. The SMILES string of the molecule is COc1ccc(C(O)C(OC)OC)c(F)c1. The molecule has 1 atom stereocenters. The van der Waals surface area contributed by atoms with Gasteiger partial charge in [0.2, 0.25) is 0 Å². The summed E-state index contributed by atoms with van der Waals surface area (Å²) in [5, 5.41) is 9.79. The average molecular weight is 230 g/mol. The minimum absolute atomic E-state index is 0.106. The van der Waals surface area contributed by atoms with Gasteiger partial charge in [-0.05, 0) is 12.1 Å². The molecule has 1 rings (SSSR count). The molecule has 0 aromatic heterocycles. The fourth-order valence-corrected chi connectivity index (χ4v) is 1.38. The maximum Gasteiger partial charge on any atom is 0.187 e. The molecular weight excluding hydrogens is 215 g/mol. The summed E-state index contributed by atoms with van der Waals surface area (Å²) in [6.07, 6.45) is -2.08. The number of aliphatic hydroxyl groups is 1. The molecule has 0 saturated carbocycles. The highest BCUT2D eigenvalue weighted by atomic mass is 19.1. The van der Waals surface area contributed by atoms with Crippen LogP contribution < -0.4 is 4.74 Å². The van der Waals surface area contributed by atoms with Gasteiger partial charge in [-0.1, -0.05) is 0 Å². The van der Waals surface area contributed by atoms with Crippen molar-refractivity contribution < 1.29 is 23.7 Å². The topological polar surface area (TPSA) is 47.9 Å². The number of hydrogen-bond donors (Lipinski definition) is 1. The lowest BCUT2D eigenvalue weighted by molar-refractivity contribution is -0.166. The highest BCUT2D eigenvalue weighted by molar-refractivity contribution is 5.30. The van der Waals surface area contributed by atoms with Crippen LogP contribution in [0.4, 0.5) is 4.39 Å². The van der Waals surface area contributed by atoms with E-state index in [2.05, 4.69) is 0 Å². The largest absolute Gasteiger partial charge is 0.497 e. The van der Waals surface area contributed by atoms with E-state index in [-0.39, 0.29) is 5.56 Å². The minimum atomic E-state index is -1.18. The van der Waals surface area contributed by atoms with Crippen LogP contribution in [0, 0.1) is 5.82 Å². The van der Waals surface area contributed by atoms with Crippen LogP contribution in [0.25, 0.3) is 0 Å². The Kier molecular flexibility index (Phi) is 4.67. The van der Waals surface area contributed by atoms with Crippen LogP contribution in [0.3, 0.4) is 0 Å². The first-order chi connectivity index (χ1) is 7.63. The Labute approximate surface area is 93.6 Å². The van der Waals surface area contributed by atoms with E-state index in [9.17, 15) is 9.50 Å². The molecule has 0 aliphatic rings. The van der Waals surface area contributed by atoms with E-state index in [1.54, 1.807) is 6.07 Å². The van der Waals surface area contributed by atoms with Crippen molar-refractivity contribution in [2.45, 2.75) is 12.4 Å². The molecule has 0 radical (unpaired) electrons. The second kappa shape index (κ2) is 5.79. The van der Waals surface area contributed by atoms with Gasteiger partial charge in [0, 0.05) is 25.8 Å². The van der Waals surface area contributed by atoms with Gasteiger partial charge in [-0.25, -0.2) is 4.39 Å². The normalized spacial score (nSPS) is 12.9. The summed E-state index contributed by atoms with van der Waals surface area (Å²) in [7, 11) is 4.19. The van der Waals surface area contributed by atoms with Crippen molar-refractivity contribution in [2.75, 3.05) is 21.3 Å². The lowest BCUT2D eigenvalue weighted by atomic mass is 10.1. The van der Waals surface area contributed by atoms with Gasteiger partial charge in [0.1, 0.15) is 17.7 Å². The Morgan fingerprint density at radius 2 is 1.81 bits per heavy atom. The number of ether oxygens (including phenoxy) is 3. The molecule has 0 heterocycles. The molecule has 0 spiro atoms. The van der Waals surface area contributed by atoms with Crippen LogP contribution in [-0.2, 0) is 9.47 Å². The van der Waals surface area contributed by atoms with E-state index in [1.807, 2.05) is 0 Å². The Hall–Kier alpha value is -1.17. The highest BCUT2D eigenvalue weighted by Gasteiger charge is 2.23. The molecular formula is C11H15FO4. The first-order valence-electron chi connectivity index (χ1n) is 4.71. The molecule has 1 aromatic rings. The fraction of sp³-hybridized carbons (Fsp3) is 0.455. The van der Waals surface area contributed by atoms with E-state index < -0.39 is 18.2 Å². The van der Waals surface area contributed by atoms with Crippen molar-refractivity contribution in [3.63, 3.8) is 0 Å². The van der Waals surface area contributed by atoms with Gasteiger partial charge in [0.05, 0.1) is 7.11 Å². The van der Waals surface area contributed by atoms with Crippen LogP contribution in [0.1, 0.15) is 11.7 Å². The van der Waals surface area contributed by atoms with Crippen LogP contribution in [0.5, 0.6) is 5.75 Å². The molecule has 1 aromatic carbocycles. The van der Waals surface area contributed by atoms with E-state index in [1.165, 1.54) is 33.5 Å². The van der Waals surface area contributed by atoms with Crippen LogP contribution in [0.15, 0.2) is 18.2 Å². The lowest BCUT2D eigenvalue weighted by Gasteiger charge is -2.20. The highest BCUT2D eigenvalue weighted by Crippen LogP contribution is 2.25. The summed E-state index contributed by atoms with van der Waals surface area (Å²) in [6.45, 7) is 0. The standard InChI is InChI=1S/C11H15FO4/c1-14-7-4-5-8(9(12)6-7)10(13)11(15-2)16-3/h4-6,10-11,13H,1-3H3. The summed E-state index contributed by atoms with van der Waals surface area (Å²) in [5.41, 5.74) is 0.106. The Morgan fingerprint density at radius 3 is 2.25 bits per heavy atom. The van der Waals surface area contributed by atoms with E-state index >= 15 is 0 Å². The second-order valence-corrected chi connectivity index (χ2v) is 3.17. The number of rotatable bonds is 5. The molecule has 1 unspecified atom stereocenters. The summed E-state index contributed by atoms with van der Waals surface area (Å²) in [6, 6.07) is 4.19. The zero-order valence-corrected chi connectivity index (χ0v) is 9.44. The maximum absolute atomic E-state index is 13.6. The molecule has 0 aliphatic carbocycles. The molecule has 0 saturated heterocycles. The lowest BCUT2D eigenvalue weighted by Crippen LogP contribution is -2.23. The van der Waals surface area contributed by atoms with E-state index in [0.29, 0.717) is 5.75 Å². The van der Waals surface area contributed by atoms with Crippen LogP contribution in [0.2, 0.25) is 0 Å². The molecule has 0 aliphatic heterocycles. The van der Waals surface area contributed by atoms with E-state index in [0.717, 1.165) is 0 Å². The summed E-state index contributed by atoms with van der Waals surface area (Å²) in [4.78, 5) is 0. The van der Waals surface area contributed by atoms with Gasteiger partial charge < -0.3 is 19.3 Å². The summed E-state index contributed by atoms with van der Waals surface area (Å²) in [5.74, 6) is -0.175. The first-order valence-corrected chi connectivity index (χ1v) is 4.71. The Bertz CT molecular complexity index is 339. The Morgan fingerprint density at radius 1 is 1.19 bits per heavy atom. The number of aliphatic hydroxyl groups excluding tert-OH is 1. The molecule has 16 heavy (non-hydrogen) atoms. The first kappa shape index (κ1) is 12.9. The molecule has 90 valence electrons. The van der Waals surface area contributed by atoms with Gasteiger partial charge in [-0.2, -0.15) is 0 Å². The van der Waals surface area contributed by atoms with Crippen molar-refractivity contribution in [1.82, 2.24) is 0 Å². The van der Waals surface area contributed by atoms with E-state index in [4.69, 9.17) is 14.2 Å². The predicted molar refractivity (Wildman–Crippen MR) is 55.7 cm³/mol. The van der Waals surface area contributed by atoms with Crippen molar-refractivity contribution in [3.05, 3.63) is 29.6 Å². The van der Waals surface area contributed by atoms with Gasteiger partial charge in [-0.15, -0.1) is 0 Å². The molecule has 1 N–H and O–H groups in total. The number of halogens is 1. The van der Waals surface area contributed by atoms with Gasteiger partial charge in [0.15, 0.2) is 6.29 Å². The average Bonchev–Trinajstić information content (AvgIpc) is 2.30. The number of methoxy groups -OCH3 is 3. The van der Waals surface area contributed by atoms with Crippen molar-refractivity contribution in [2.24, 2.45) is 0 Å². The number of hydrogen-bond acceptors (Lipinski definition) is 4. The van der Waals surface area contributed by atoms with Gasteiger partial charge in [0.25, 0.3) is 0 Å². The molecule has 0 amide bonds. The fourth-order valence-electron chi connectivity index (χ4n) is 1.38. The van der Waals surface area contributed by atoms with Crippen molar-refractivity contribution >= 4 is 0 Å². The summed E-state index contributed by atoms with van der Waals surface area (Å²) < 4.78 is 28.1. The molecule has 5 heteroatoms. The van der Waals surface area contributed by atoms with Crippen LogP contribution >= 0.6 is 0 Å². The monoisotopic (exact) mass is 230 g/mol. The molecule has 4 nitrogen and oxygen atoms in total. The number of benzene rings is 1. The van der Waals surface area contributed by atoms with Gasteiger partial charge >= 0.3 is 0 Å². The second-order valence-electron chi connectivity index (χ2n) is 3.17. The third-order valence-corrected chi connectivity index (χ3v) is 2.25. The Balaban J connectivity index is 2.95. The predicted octanol–water partition coefficient (Wildman–Crippen LogP) is 1.49. The molecule has 0 fully saturated rings. The smallest absolute Gasteiger partial charge is 0.187 e. The minimum Gasteiger partial charge on any atom is -0.497 e. The zero-order chi connectivity index (χ0) is 12.1.